The lowest BCUT2D eigenvalue weighted by Gasteiger charge is -2.11. The first-order valence-electron chi connectivity index (χ1n) is 10.9. The van der Waals surface area contributed by atoms with Crippen molar-refractivity contribution in [1.82, 2.24) is 5.43 Å². The number of anilines is 1. The van der Waals surface area contributed by atoms with Crippen molar-refractivity contribution in [2.45, 2.75) is 13.8 Å². The molecule has 35 heavy (non-hydrogen) atoms. The summed E-state index contributed by atoms with van der Waals surface area (Å²) in [6, 6.07) is 25.2. The minimum absolute atomic E-state index is 0.275. The average Bonchev–Trinajstić information content (AvgIpc) is 2.85. The predicted octanol–water partition coefficient (Wildman–Crippen LogP) is 4.76. The highest BCUT2D eigenvalue weighted by atomic mass is 16.5. The SMILES string of the molecule is Cc1cccc(NC(=O)C(=O)N/N=C/c2c(OC(=O)c3cccc(C)c3)ccc3ccccc23)c1. The monoisotopic (exact) mass is 465 g/mol. The lowest BCUT2D eigenvalue weighted by molar-refractivity contribution is -0.136. The smallest absolute Gasteiger partial charge is 0.343 e. The standard InChI is InChI=1S/C28H23N3O4/c1-18-7-5-10-21(15-18)28(34)35-25-14-13-20-9-3-4-12-23(20)24(25)17-29-31-27(33)26(32)30-22-11-6-8-19(2)16-22/h3-17H,1-2H3,(H,30,32)(H,31,33)/b29-17+. The van der Waals surface area contributed by atoms with Crippen LogP contribution >= 0.6 is 0 Å². The fourth-order valence-electron chi connectivity index (χ4n) is 3.55. The van der Waals surface area contributed by atoms with Gasteiger partial charge in [0.2, 0.25) is 0 Å². The second kappa shape index (κ2) is 10.4. The fraction of sp³-hybridized carbons (Fsp3) is 0.0714. The lowest BCUT2D eigenvalue weighted by atomic mass is 10.0. The van der Waals surface area contributed by atoms with Crippen molar-refractivity contribution in [3.63, 3.8) is 0 Å². The lowest BCUT2D eigenvalue weighted by Crippen LogP contribution is -2.32. The van der Waals surface area contributed by atoms with E-state index < -0.39 is 17.8 Å². The molecular weight excluding hydrogens is 442 g/mol. The molecule has 0 saturated heterocycles. The van der Waals surface area contributed by atoms with Crippen molar-refractivity contribution in [3.8, 4) is 5.75 Å². The molecule has 0 spiro atoms. The molecule has 174 valence electrons. The molecule has 0 aliphatic carbocycles. The minimum Gasteiger partial charge on any atom is -0.422 e. The van der Waals surface area contributed by atoms with Gasteiger partial charge in [0.15, 0.2) is 0 Å². The number of nitrogens with zero attached hydrogens (tertiary/aromatic N) is 1. The fourth-order valence-corrected chi connectivity index (χ4v) is 3.55. The van der Waals surface area contributed by atoms with E-state index in [4.69, 9.17) is 4.74 Å². The third kappa shape index (κ3) is 5.78. The summed E-state index contributed by atoms with van der Waals surface area (Å²) in [5.74, 6) is -2.02. The predicted molar refractivity (Wildman–Crippen MR) is 136 cm³/mol. The molecule has 0 bridgehead atoms. The largest absolute Gasteiger partial charge is 0.422 e. The number of hydrazone groups is 1. The summed E-state index contributed by atoms with van der Waals surface area (Å²) in [4.78, 5) is 37.2. The van der Waals surface area contributed by atoms with Crippen LogP contribution in [0.15, 0.2) is 90.0 Å². The Morgan fingerprint density at radius 3 is 2.31 bits per heavy atom. The first-order valence-corrected chi connectivity index (χ1v) is 10.9. The Bertz CT molecular complexity index is 1460. The van der Waals surface area contributed by atoms with Gasteiger partial charge in [-0.2, -0.15) is 5.10 Å². The molecule has 0 fully saturated rings. The highest BCUT2D eigenvalue weighted by Crippen LogP contribution is 2.27. The van der Waals surface area contributed by atoms with Crippen LogP contribution in [0.2, 0.25) is 0 Å². The van der Waals surface area contributed by atoms with Crippen LogP contribution < -0.4 is 15.5 Å². The van der Waals surface area contributed by atoms with Gasteiger partial charge in [-0.3, -0.25) is 9.59 Å². The molecule has 2 N–H and O–H groups in total. The summed E-state index contributed by atoms with van der Waals surface area (Å²) in [5.41, 5.74) is 5.53. The first-order chi connectivity index (χ1) is 16.9. The van der Waals surface area contributed by atoms with Crippen molar-refractivity contribution in [1.29, 1.82) is 0 Å². The Morgan fingerprint density at radius 2 is 1.54 bits per heavy atom. The van der Waals surface area contributed by atoms with Gasteiger partial charge in [-0.25, -0.2) is 10.2 Å². The quantitative estimate of drug-likeness (QED) is 0.146. The summed E-state index contributed by atoms with van der Waals surface area (Å²) in [7, 11) is 0. The van der Waals surface area contributed by atoms with Gasteiger partial charge in [0.25, 0.3) is 0 Å². The van der Waals surface area contributed by atoms with Crippen molar-refractivity contribution in [3.05, 3.63) is 107 Å². The summed E-state index contributed by atoms with van der Waals surface area (Å²) in [6.45, 7) is 3.77. The number of esters is 1. The summed E-state index contributed by atoms with van der Waals surface area (Å²) >= 11 is 0. The second-order valence-electron chi connectivity index (χ2n) is 7.98. The van der Waals surface area contributed by atoms with Gasteiger partial charge in [-0.1, -0.05) is 60.2 Å². The normalized spacial score (nSPS) is 10.8. The second-order valence-corrected chi connectivity index (χ2v) is 7.98. The maximum atomic E-state index is 12.7. The summed E-state index contributed by atoms with van der Waals surface area (Å²) < 4.78 is 5.67. The Morgan fingerprint density at radius 1 is 0.800 bits per heavy atom. The number of benzene rings is 4. The van der Waals surface area contributed by atoms with Gasteiger partial charge in [0, 0.05) is 11.3 Å². The molecule has 0 unspecified atom stereocenters. The maximum Gasteiger partial charge on any atom is 0.343 e. The molecule has 0 aromatic heterocycles. The molecule has 7 heteroatoms. The average molecular weight is 466 g/mol. The van der Waals surface area contributed by atoms with E-state index >= 15 is 0 Å². The number of hydrogen-bond donors (Lipinski definition) is 2. The number of rotatable bonds is 5. The van der Waals surface area contributed by atoms with Crippen LogP contribution in [0.4, 0.5) is 5.69 Å². The summed E-state index contributed by atoms with van der Waals surface area (Å²) in [6.07, 6.45) is 1.36. The number of aryl methyl sites for hydroxylation is 2. The summed E-state index contributed by atoms with van der Waals surface area (Å²) in [5, 5.41) is 8.14. The number of amides is 2. The van der Waals surface area contributed by atoms with Gasteiger partial charge >= 0.3 is 17.8 Å². The molecule has 0 radical (unpaired) electrons. The number of nitrogens with one attached hydrogen (secondary N) is 2. The number of hydrogen-bond acceptors (Lipinski definition) is 5. The Balaban J connectivity index is 1.54. The van der Waals surface area contributed by atoms with Crippen molar-refractivity contribution >= 4 is 40.5 Å². The maximum absolute atomic E-state index is 12.7. The van der Waals surface area contributed by atoms with E-state index in [1.165, 1.54) is 6.21 Å². The van der Waals surface area contributed by atoms with Crippen LogP contribution in [0.5, 0.6) is 5.75 Å². The van der Waals surface area contributed by atoms with Crippen LogP contribution in [-0.2, 0) is 9.59 Å². The molecule has 0 aliphatic heterocycles. The molecule has 2 amide bonds. The number of carbonyl (C=O) groups is 3. The Labute approximate surface area is 202 Å². The third-order valence-corrected chi connectivity index (χ3v) is 5.23. The zero-order chi connectivity index (χ0) is 24.8. The van der Waals surface area contributed by atoms with Crippen molar-refractivity contribution < 1.29 is 19.1 Å². The van der Waals surface area contributed by atoms with E-state index in [1.807, 2.05) is 56.3 Å². The van der Waals surface area contributed by atoms with Gasteiger partial charge in [0.05, 0.1) is 11.8 Å². The molecule has 0 heterocycles. The molecule has 4 rings (SSSR count). The Kier molecular flexibility index (Phi) is 6.97. The van der Waals surface area contributed by atoms with E-state index in [9.17, 15) is 14.4 Å². The van der Waals surface area contributed by atoms with Gasteiger partial charge in [-0.15, -0.1) is 0 Å². The van der Waals surface area contributed by atoms with Crippen molar-refractivity contribution in [2.75, 3.05) is 5.32 Å². The van der Waals surface area contributed by atoms with Crippen molar-refractivity contribution in [2.24, 2.45) is 5.10 Å². The molecule has 0 atom stereocenters. The zero-order valence-electron chi connectivity index (χ0n) is 19.2. The van der Waals surface area contributed by atoms with Gasteiger partial charge in [-0.05, 0) is 60.5 Å². The Hall–Kier alpha value is -4.78. The van der Waals surface area contributed by atoms with E-state index in [2.05, 4.69) is 15.8 Å². The number of carbonyl (C=O) groups excluding carboxylic acids is 3. The molecule has 0 aliphatic rings. The molecule has 0 saturated carbocycles. The molecule has 4 aromatic carbocycles. The first kappa shape index (κ1) is 23.4. The minimum atomic E-state index is -0.929. The van der Waals surface area contributed by atoms with E-state index in [0.29, 0.717) is 16.8 Å². The van der Waals surface area contributed by atoms with E-state index in [0.717, 1.165) is 21.9 Å². The van der Waals surface area contributed by atoms with Gasteiger partial charge < -0.3 is 10.1 Å². The third-order valence-electron chi connectivity index (χ3n) is 5.23. The van der Waals surface area contributed by atoms with Crippen LogP contribution in [0.3, 0.4) is 0 Å². The highest BCUT2D eigenvalue weighted by Gasteiger charge is 2.15. The molecule has 7 nitrogen and oxygen atoms in total. The van der Waals surface area contributed by atoms with Crippen LogP contribution in [0, 0.1) is 13.8 Å². The highest BCUT2D eigenvalue weighted by molar-refractivity contribution is 6.39. The van der Waals surface area contributed by atoms with Crippen LogP contribution in [0.1, 0.15) is 27.0 Å². The van der Waals surface area contributed by atoms with E-state index in [-0.39, 0.29) is 5.75 Å². The molecule has 4 aromatic rings. The van der Waals surface area contributed by atoms with Crippen LogP contribution in [0.25, 0.3) is 10.8 Å². The zero-order valence-corrected chi connectivity index (χ0v) is 19.2. The number of ether oxygens (including phenoxy) is 1. The van der Waals surface area contributed by atoms with Crippen LogP contribution in [-0.4, -0.2) is 24.0 Å². The van der Waals surface area contributed by atoms with E-state index in [1.54, 1.807) is 42.5 Å². The number of fused-ring (bicyclic) bond motifs is 1. The van der Waals surface area contributed by atoms with Gasteiger partial charge in [0.1, 0.15) is 5.75 Å². The topological polar surface area (TPSA) is 96.9 Å². The molecular formula is C28H23N3O4.